The minimum Gasteiger partial charge on any atom is -0.307 e. The lowest BCUT2D eigenvalue weighted by Gasteiger charge is -2.01. The largest absolute Gasteiger partial charge is 0.307 e. The topological polar surface area (TPSA) is 29.3 Å². The first-order valence-electron chi connectivity index (χ1n) is 4.52. The molecule has 0 amide bonds. The van der Waals surface area contributed by atoms with Gasteiger partial charge in [-0.1, -0.05) is 6.07 Å². The Bertz CT molecular complexity index is 470. The summed E-state index contributed by atoms with van der Waals surface area (Å²) < 4.78 is 2.05. The molecule has 0 aliphatic carbocycles. The van der Waals surface area contributed by atoms with Crippen LogP contribution in [0.25, 0.3) is 5.52 Å². The molecule has 0 saturated heterocycles. The van der Waals surface area contributed by atoms with E-state index in [0.29, 0.717) is 0 Å². The summed E-state index contributed by atoms with van der Waals surface area (Å²) in [7, 11) is 0. The molecule has 13 heavy (non-hydrogen) atoms. The Morgan fingerprint density at radius 2 is 2.31 bits per heavy atom. The van der Waals surface area contributed by atoms with E-state index in [1.807, 2.05) is 10.7 Å². The summed E-state index contributed by atoms with van der Waals surface area (Å²) in [5.41, 5.74) is 5.15. The molecule has 0 radical (unpaired) electrons. The maximum atomic E-state index is 4.37. The standard InChI is InChI=1S/C10H11N3/c1-7-4-12-13-9(7)3-2-8-5-11-6-10(8)13/h2-4,11H,5-6H2,1H3. The minimum absolute atomic E-state index is 0.938. The van der Waals surface area contributed by atoms with Gasteiger partial charge in [-0.05, 0) is 24.1 Å². The van der Waals surface area contributed by atoms with E-state index in [-0.39, 0.29) is 0 Å². The molecule has 2 aromatic heterocycles. The number of rotatable bonds is 0. The van der Waals surface area contributed by atoms with Crippen LogP contribution in [-0.4, -0.2) is 9.61 Å². The number of aryl methyl sites for hydroxylation is 1. The minimum atomic E-state index is 0.938. The van der Waals surface area contributed by atoms with Crippen LogP contribution in [0.2, 0.25) is 0 Å². The number of aromatic nitrogens is 2. The summed E-state index contributed by atoms with van der Waals surface area (Å²) in [4.78, 5) is 0. The maximum absolute atomic E-state index is 4.37. The zero-order valence-electron chi connectivity index (χ0n) is 7.54. The fourth-order valence-electron chi connectivity index (χ4n) is 1.93. The van der Waals surface area contributed by atoms with Crippen LogP contribution in [0.15, 0.2) is 18.3 Å². The zero-order valence-corrected chi connectivity index (χ0v) is 7.54. The summed E-state index contributed by atoms with van der Waals surface area (Å²) in [6.45, 7) is 4.01. The molecule has 1 aliphatic rings. The first-order chi connectivity index (χ1) is 6.36. The van der Waals surface area contributed by atoms with Gasteiger partial charge < -0.3 is 5.32 Å². The Balaban J connectivity index is 2.44. The van der Waals surface area contributed by atoms with E-state index in [4.69, 9.17) is 0 Å². The van der Waals surface area contributed by atoms with Crippen molar-refractivity contribution in [3.63, 3.8) is 0 Å². The molecule has 0 fully saturated rings. The average Bonchev–Trinajstić information content (AvgIpc) is 2.70. The van der Waals surface area contributed by atoms with Gasteiger partial charge in [-0.25, -0.2) is 4.52 Å². The fourth-order valence-corrected chi connectivity index (χ4v) is 1.93. The second-order valence-electron chi connectivity index (χ2n) is 3.53. The molecule has 3 nitrogen and oxygen atoms in total. The molecule has 66 valence electrons. The lowest BCUT2D eigenvalue weighted by Crippen LogP contribution is -2.02. The predicted molar refractivity (Wildman–Crippen MR) is 50.5 cm³/mol. The summed E-state index contributed by atoms with van der Waals surface area (Å²) in [5, 5.41) is 7.69. The van der Waals surface area contributed by atoms with Gasteiger partial charge in [-0.2, -0.15) is 5.10 Å². The molecule has 1 aliphatic heterocycles. The molecule has 3 heterocycles. The highest BCUT2D eigenvalue weighted by atomic mass is 15.2. The van der Waals surface area contributed by atoms with Gasteiger partial charge in [-0.15, -0.1) is 0 Å². The van der Waals surface area contributed by atoms with Crippen LogP contribution in [0.4, 0.5) is 0 Å². The van der Waals surface area contributed by atoms with Crippen LogP contribution in [0.3, 0.4) is 0 Å². The number of fused-ring (bicyclic) bond motifs is 3. The molecular formula is C10H11N3. The van der Waals surface area contributed by atoms with Gasteiger partial charge in [0.2, 0.25) is 0 Å². The molecule has 0 bridgehead atoms. The van der Waals surface area contributed by atoms with Crippen molar-refractivity contribution in [1.82, 2.24) is 14.9 Å². The van der Waals surface area contributed by atoms with Crippen molar-refractivity contribution in [1.29, 1.82) is 0 Å². The first kappa shape index (κ1) is 7.09. The van der Waals surface area contributed by atoms with E-state index in [9.17, 15) is 0 Å². The molecule has 3 heteroatoms. The van der Waals surface area contributed by atoms with Crippen molar-refractivity contribution in [2.75, 3.05) is 0 Å². The lowest BCUT2D eigenvalue weighted by molar-refractivity contribution is 0.741. The first-order valence-corrected chi connectivity index (χ1v) is 4.52. The number of nitrogens with zero attached hydrogens (tertiary/aromatic N) is 2. The van der Waals surface area contributed by atoms with Gasteiger partial charge in [0.15, 0.2) is 0 Å². The van der Waals surface area contributed by atoms with Crippen molar-refractivity contribution in [2.45, 2.75) is 20.0 Å². The molecule has 0 spiro atoms. The van der Waals surface area contributed by atoms with Crippen molar-refractivity contribution in [2.24, 2.45) is 0 Å². The van der Waals surface area contributed by atoms with E-state index in [1.54, 1.807) is 0 Å². The van der Waals surface area contributed by atoms with E-state index in [1.165, 1.54) is 22.3 Å². The molecule has 0 saturated carbocycles. The number of pyridine rings is 1. The van der Waals surface area contributed by atoms with Crippen LogP contribution < -0.4 is 5.32 Å². The van der Waals surface area contributed by atoms with Gasteiger partial charge >= 0.3 is 0 Å². The quantitative estimate of drug-likeness (QED) is 0.649. The van der Waals surface area contributed by atoms with Gasteiger partial charge in [0.1, 0.15) is 0 Å². The molecule has 0 atom stereocenters. The third kappa shape index (κ3) is 0.848. The summed E-state index contributed by atoms with van der Waals surface area (Å²) >= 11 is 0. The number of nitrogens with one attached hydrogen (secondary N) is 1. The predicted octanol–water partition coefficient (Wildman–Crippen LogP) is 1.25. The van der Waals surface area contributed by atoms with E-state index in [0.717, 1.165) is 13.1 Å². The monoisotopic (exact) mass is 173 g/mol. The smallest absolute Gasteiger partial charge is 0.0694 e. The highest BCUT2D eigenvalue weighted by molar-refractivity contribution is 5.55. The highest BCUT2D eigenvalue weighted by Crippen LogP contribution is 2.19. The third-order valence-electron chi connectivity index (χ3n) is 2.68. The maximum Gasteiger partial charge on any atom is 0.0694 e. The Hall–Kier alpha value is -1.35. The van der Waals surface area contributed by atoms with E-state index in [2.05, 4.69) is 29.5 Å². The van der Waals surface area contributed by atoms with Gasteiger partial charge in [0.05, 0.1) is 17.4 Å². The molecule has 2 aromatic rings. The second kappa shape index (κ2) is 2.33. The van der Waals surface area contributed by atoms with Gasteiger partial charge in [0, 0.05) is 13.1 Å². The highest BCUT2D eigenvalue weighted by Gasteiger charge is 2.14. The van der Waals surface area contributed by atoms with Crippen LogP contribution in [0.1, 0.15) is 16.8 Å². The van der Waals surface area contributed by atoms with Crippen LogP contribution in [0.5, 0.6) is 0 Å². The SMILES string of the molecule is Cc1cnn2c3c(ccc12)CNC3. The molecule has 0 aromatic carbocycles. The van der Waals surface area contributed by atoms with Crippen LogP contribution >= 0.6 is 0 Å². The summed E-state index contributed by atoms with van der Waals surface area (Å²) in [5.74, 6) is 0. The Morgan fingerprint density at radius 3 is 3.23 bits per heavy atom. The second-order valence-corrected chi connectivity index (χ2v) is 3.53. The Morgan fingerprint density at radius 1 is 1.38 bits per heavy atom. The van der Waals surface area contributed by atoms with Crippen LogP contribution in [0, 0.1) is 6.92 Å². The molecule has 0 unspecified atom stereocenters. The van der Waals surface area contributed by atoms with Gasteiger partial charge in [0.25, 0.3) is 0 Å². The normalized spacial score (nSPS) is 15.2. The average molecular weight is 173 g/mol. The molecule has 3 rings (SSSR count). The number of hydrogen-bond donors (Lipinski definition) is 1. The van der Waals surface area contributed by atoms with Crippen molar-refractivity contribution in [3.05, 3.63) is 35.2 Å². The Kier molecular flexibility index (Phi) is 1.27. The molecular weight excluding hydrogens is 162 g/mol. The van der Waals surface area contributed by atoms with E-state index >= 15 is 0 Å². The number of hydrogen-bond acceptors (Lipinski definition) is 2. The summed E-state index contributed by atoms with van der Waals surface area (Å²) in [6, 6.07) is 4.34. The van der Waals surface area contributed by atoms with Crippen molar-refractivity contribution >= 4 is 5.52 Å². The third-order valence-corrected chi connectivity index (χ3v) is 2.68. The van der Waals surface area contributed by atoms with Crippen molar-refractivity contribution in [3.8, 4) is 0 Å². The summed E-state index contributed by atoms with van der Waals surface area (Å²) in [6.07, 6.45) is 1.92. The zero-order chi connectivity index (χ0) is 8.84. The van der Waals surface area contributed by atoms with Crippen molar-refractivity contribution < 1.29 is 0 Å². The lowest BCUT2D eigenvalue weighted by atomic mass is 10.2. The fraction of sp³-hybridized carbons (Fsp3) is 0.300. The van der Waals surface area contributed by atoms with E-state index < -0.39 is 0 Å². The van der Waals surface area contributed by atoms with Crippen LogP contribution in [-0.2, 0) is 13.1 Å². The Labute approximate surface area is 76.4 Å². The van der Waals surface area contributed by atoms with Gasteiger partial charge in [-0.3, -0.25) is 0 Å². The molecule has 1 N–H and O–H groups in total.